The molecular weight excluding hydrogens is 352 g/mol. The van der Waals surface area contributed by atoms with Gasteiger partial charge in [-0.1, -0.05) is 30.3 Å². The molecule has 0 aliphatic carbocycles. The summed E-state index contributed by atoms with van der Waals surface area (Å²) in [5.41, 5.74) is 5.46. The van der Waals surface area contributed by atoms with Gasteiger partial charge < -0.3 is 0 Å². The molecule has 0 radical (unpaired) electrons. The standard InChI is InChI=1S/C19H22N2O4S/c1-14-6-7-17(12-15(14)2)10-11-20-26(24,25)18-5-3-4-16(13-18)8-9-19(22)21-23/h3-9,12-13,20,23H,10-11H2,1-2H3,(H,21,22)/b9-8+. The molecule has 0 aliphatic heterocycles. The summed E-state index contributed by atoms with van der Waals surface area (Å²) in [4.78, 5) is 11.1. The number of carbonyl (C=O) groups is 1. The van der Waals surface area contributed by atoms with Gasteiger partial charge in [-0.15, -0.1) is 0 Å². The van der Waals surface area contributed by atoms with Crippen LogP contribution in [0, 0.1) is 13.8 Å². The molecule has 1 amide bonds. The summed E-state index contributed by atoms with van der Waals surface area (Å²) in [5.74, 6) is -0.690. The Hall–Kier alpha value is -2.48. The van der Waals surface area contributed by atoms with Crippen molar-refractivity contribution < 1.29 is 18.4 Å². The lowest BCUT2D eigenvalue weighted by molar-refractivity contribution is -0.124. The molecule has 0 heterocycles. The number of rotatable bonds is 7. The Morgan fingerprint density at radius 3 is 2.58 bits per heavy atom. The minimum absolute atomic E-state index is 0.115. The van der Waals surface area contributed by atoms with E-state index in [2.05, 4.69) is 10.8 Å². The van der Waals surface area contributed by atoms with Crippen molar-refractivity contribution in [3.63, 3.8) is 0 Å². The van der Waals surface area contributed by atoms with Crippen molar-refractivity contribution in [2.24, 2.45) is 0 Å². The molecule has 0 unspecified atom stereocenters. The summed E-state index contributed by atoms with van der Waals surface area (Å²) >= 11 is 0. The van der Waals surface area contributed by atoms with E-state index >= 15 is 0 Å². The lowest BCUT2D eigenvalue weighted by Gasteiger charge is -2.09. The average molecular weight is 374 g/mol. The van der Waals surface area contributed by atoms with Crippen LogP contribution < -0.4 is 10.2 Å². The van der Waals surface area contributed by atoms with E-state index in [9.17, 15) is 13.2 Å². The summed E-state index contributed by atoms with van der Waals surface area (Å²) in [6.07, 6.45) is 3.12. The fourth-order valence-corrected chi connectivity index (χ4v) is 3.45. The zero-order valence-corrected chi connectivity index (χ0v) is 15.5. The Balaban J connectivity index is 2.04. The molecule has 0 bridgehead atoms. The van der Waals surface area contributed by atoms with Crippen LogP contribution in [0.2, 0.25) is 0 Å². The molecule has 3 N–H and O–H groups in total. The molecule has 0 aromatic heterocycles. The van der Waals surface area contributed by atoms with Gasteiger partial charge in [0, 0.05) is 12.6 Å². The average Bonchev–Trinajstić information content (AvgIpc) is 2.62. The van der Waals surface area contributed by atoms with Crippen LogP contribution >= 0.6 is 0 Å². The highest BCUT2D eigenvalue weighted by Crippen LogP contribution is 2.14. The molecule has 2 rings (SSSR count). The second-order valence-electron chi connectivity index (χ2n) is 5.95. The number of hydroxylamine groups is 1. The normalized spacial score (nSPS) is 11.7. The summed E-state index contributed by atoms with van der Waals surface area (Å²) in [7, 11) is -3.65. The van der Waals surface area contributed by atoms with E-state index < -0.39 is 15.9 Å². The lowest BCUT2D eigenvalue weighted by Crippen LogP contribution is -2.26. The maximum absolute atomic E-state index is 12.4. The molecule has 7 heteroatoms. The lowest BCUT2D eigenvalue weighted by atomic mass is 10.0. The highest BCUT2D eigenvalue weighted by Gasteiger charge is 2.13. The Morgan fingerprint density at radius 1 is 1.12 bits per heavy atom. The van der Waals surface area contributed by atoms with Gasteiger partial charge in [0.25, 0.3) is 5.91 Å². The molecule has 0 saturated heterocycles. The topological polar surface area (TPSA) is 95.5 Å². The number of amides is 1. The fourth-order valence-electron chi connectivity index (χ4n) is 2.37. The minimum Gasteiger partial charge on any atom is -0.288 e. The van der Waals surface area contributed by atoms with Crippen molar-refractivity contribution in [3.05, 3.63) is 70.8 Å². The third-order valence-corrected chi connectivity index (χ3v) is 5.44. The zero-order valence-electron chi connectivity index (χ0n) is 14.7. The largest absolute Gasteiger partial charge is 0.288 e. The minimum atomic E-state index is -3.65. The number of aryl methyl sites for hydroxylation is 2. The first kappa shape index (κ1) is 19.8. The van der Waals surface area contributed by atoms with Gasteiger partial charge in [0.05, 0.1) is 4.90 Å². The molecule has 0 atom stereocenters. The van der Waals surface area contributed by atoms with Crippen LogP contribution in [0.3, 0.4) is 0 Å². The third kappa shape index (κ3) is 5.52. The second kappa shape index (κ2) is 8.75. The van der Waals surface area contributed by atoms with Crippen LogP contribution in [0.4, 0.5) is 0 Å². The van der Waals surface area contributed by atoms with Crippen molar-refractivity contribution in [3.8, 4) is 0 Å². The second-order valence-corrected chi connectivity index (χ2v) is 7.72. The van der Waals surface area contributed by atoms with Crippen molar-refractivity contribution in [2.75, 3.05) is 6.54 Å². The maximum Gasteiger partial charge on any atom is 0.267 e. The molecular formula is C19H22N2O4S. The third-order valence-electron chi connectivity index (χ3n) is 3.98. The summed E-state index contributed by atoms with van der Waals surface area (Å²) < 4.78 is 27.5. The van der Waals surface area contributed by atoms with Crippen molar-refractivity contribution >= 4 is 22.0 Å². The maximum atomic E-state index is 12.4. The Morgan fingerprint density at radius 2 is 1.88 bits per heavy atom. The number of carbonyl (C=O) groups excluding carboxylic acids is 1. The summed E-state index contributed by atoms with van der Waals surface area (Å²) in [5, 5.41) is 8.46. The number of nitrogens with one attached hydrogen (secondary N) is 2. The zero-order chi connectivity index (χ0) is 19.2. The molecule has 26 heavy (non-hydrogen) atoms. The number of sulfonamides is 1. The Bertz CT molecular complexity index is 921. The number of hydrogen-bond acceptors (Lipinski definition) is 4. The van der Waals surface area contributed by atoms with Crippen molar-refractivity contribution in [1.29, 1.82) is 0 Å². The molecule has 138 valence electrons. The molecule has 2 aromatic carbocycles. The monoisotopic (exact) mass is 374 g/mol. The van der Waals surface area contributed by atoms with Crippen LogP contribution in [-0.2, 0) is 21.2 Å². The smallest absolute Gasteiger partial charge is 0.267 e. The van der Waals surface area contributed by atoms with Crippen LogP contribution in [-0.4, -0.2) is 26.1 Å². The van der Waals surface area contributed by atoms with Crippen LogP contribution in [0.1, 0.15) is 22.3 Å². The summed E-state index contributed by atoms with van der Waals surface area (Å²) in [6.45, 7) is 4.35. The molecule has 0 spiro atoms. The highest BCUT2D eigenvalue weighted by atomic mass is 32.2. The van der Waals surface area contributed by atoms with Crippen LogP contribution in [0.5, 0.6) is 0 Å². The molecule has 2 aromatic rings. The van der Waals surface area contributed by atoms with E-state index in [1.807, 2.05) is 26.0 Å². The van der Waals surface area contributed by atoms with Gasteiger partial charge in [-0.25, -0.2) is 18.6 Å². The SMILES string of the molecule is Cc1ccc(CCNS(=O)(=O)c2cccc(/C=C/C(=O)NO)c2)cc1C. The van der Waals surface area contributed by atoms with E-state index in [1.54, 1.807) is 12.1 Å². The van der Waals surface area contributed by atoms with E-state index in [1.165, 1.54) is 34.8 Å². The molecule has 0 fully saturated rings. The van der Waals surface area contributed by atoms with Gasteiger partial charge in [-0.2, -0.15) is 0 Å². The molecule has 6 nitrogen and oxygen atoms in total. The Kier molecular flexibility index (Phi) is 6.68. The number of hydrogen-bond donors (Lipinski definition) is 3. The van der Waals surface area contributed by atoms with Crippen molar-refractivity contribution in [2.45, 2.75) is 25.2 Å². The predicted octanol–water partition coefficient (Wildman–Crippen LogP) is 2.34. The first-order valence-electron chi connectivity index (χ1n) is 8.10. The van der Waals surface area contributed by atoms with Crippen LogP contribution in [0.15, 0.2) is 53.4 Å². The highest BCUT2D eigenvalue weighted by molar-refractivity contribution is 7.89. The van der Waals surface area contributed by atoms with Gasteiger partial charge in [0.2, 0.25) is 10.0 Å². The molecule has 0 aliphatic rings. The Labute approximate surface area is 153 Å². The fraction of sp³-hybridized carbons (Fsp3) is 0.211. The van der Waals surface area contributed by atoms with Gasteiger partial charge in [-0.05, 0) is 60.7 Å². The van der Waals surface area contributed by atoms with E-state index in [-0.39, 0.29) is 11.4 Å². The summed E-state index contributed by atoms with van der Waals surface area (Å²) in [6, 6.07) is 12.3. The molecule has 0 saturated carbocycles. The van der Waals surface area contributed by atoms with Gasteiger partial charge in [0.1, 0.15) is 0 Å². The van der Waals surface area contributed by atoms with Crippen LogP contribution in [0.25, 0.3) is 6.08 Å². The van der Waals surface area contributed by atoms with E-state index in [0.717, 1.165) is 11.6 Å². The van der Waals surface area contributed by atoms with Gasteiger partial charge >= 0.3 is 0 Å². The predicted molar refractivity (Wildman–Crippen MR) is 100 cm³/mol. The quantitative estimate of drug-likeness (QED) is 0.394. The van der Waals surface area contributed by atoms with Gasteiger partial charge in [0.15, 0.2) is 0 Å². The first-order valence-corrected chi connectivity index (χ1v) is 9.58. The van der Waals surface area contributed by atoms with Crippen molar-refractivity contribution in [1.82, 2.24) is 10.2 Å². The van der Waals surface area contributed by atoms with Gasteiger partial charge in [-0.3, -0.25) is 10.0 Å². The number of benzene rings is 2. The van der Waals surface area contributed by atoms with E-state index in [4.69, 9.17) is 5.21 Å². The van der Waals surface area contributed by atoms with E-state index in [0.29, 0.717) is 12.0 Å². The first-order chi connectivity index (χ1) is 12.3.